The minimum atomic E-state index is -0.999. The van der Waals surface area contributed by atoms with Crippen LogP contribution < -0.4 is 0 Å². The lowest BCUT2D eigenvalue weighted by atomic mass is 9.92. The topological polar surface area (TPSA) is 69.9 Å². The molecule has 0 amide bonds. The van der Waals surface area contributed by atoms with Gasteiger partial charge in [0.15, 0.2) is 0 Å². The quantitative estimate of drug-likeness (QED) is 0.755. The third-order valence-electron chi connectivity index (χ3n) is 4.26. The largest absolute Gasteiger partial charge is 0.394 e. The van der Waals surface area contributed by atoms with Gasteiger partial charge in [0.2, 0.25) is 0 Å². The van der Waals surface area contributed by atoms with Crippen molar-refractivity contribution < 1.29 is 20.1 Å². The van der Waals surface area contributed by atoms with Crippen LogP contribution >= 0.6 is 0 Å². The second-order valence-electron chi connectivity index (χ2n) is 6.07. The molecule has 4 nitrogen and oxygen atoms in total. The molecule has 1 saturated heterocycles. The lowest BCUT2D eigenvalue weighted by molar-refractivity contribution is -0.179. The van der Waals surface area contributed by atoms with Crippen molar-refractivity contribution in [1.82, 2.24) is 0 Å². The molecule has 0 radical (unpaired) electrons. The second-order valence-corrected chi connectivity index (χ2v) is 6.07. The normalized spacial score (nSPS) is 27.5. The Morgan fingerprint density at radius 3 is 2.42 bits per heavy atom. The lowest BCUT2D eigenvalue weighted by Gasteiger charge is -2.36. The van der Waals surface area contributed by atoms with Crippen molar-refractivity contribution in [2.24, 2.45) is 0 Å². The fourth-order valence-electron chi connectivity index (χ4n) is 2.94. The molecule has 0 unspecified atom stereocenters. The summed E-state index contributed by atoms with van der Waals surface area (Å²) in [5, 5.41) is 29.5. The highest BCUT2D eigenvalue weighted by Crippen LogP contribution is 2.32. The summed E-state index contributed by atoms with van der Waals surface area (Å²) >= 11 is 0. The Morgan fingerprint density at radius 2 is 1.67 bits per heavy atom. The summed E-state index contributed by atoms with van der Waals surface area (Å²) in [5.74, 6) is 0. The maximum absolute atomic E-state index is 10.2. The van der Waals surface area contributed by atoms with Gasteiger partial charge in [-0.1, -0.05) is 60.7 Å². The Balaban J connectivity index is 1.80. The predicted octanol–water partition coefficient (Wildman–Crippen LogP) is 2.40. The van der Waals surface area contributed by atoms with Crippen molar-refractivity contribution in [1.29, 1.82) is 0 Å². The molecule has 3 N–H and O–H groups in total. The molecule has 1 heterocycles. The number of hydrogen-bond donors (Lipinski definition) is 3. The first-order chi connectivity index (χ1) is 11.7. The maximum atomic E-state index is 10.2. The lowest BCUT2D eigenvalue weighted by Crippen LogP contribution is -2.44. The maximum Gasteiger partial charge on any atom is 0.111 e. The Bertz CT molecular complexity index is 683. The van der Waals surface area contributed by atoms with Gasteiger partial charge in [0.25, 0.3) is 0 Å². The van der Waals surface area contributed by atoms with E-state index >= 15 is 0 Å². The van der Waals surface area contributed by atoms with Crippen molar-refractivity contribution in [3.63, 3.8) is 0 Å². The number of rotatable bonds is 4. The third-order valence-corrected chi connectivity index (χ3v) is 4.26. The van der Waals surface area contributed by atoms with Gasteiger partial charge < -0.3 is 20.1 Å². The van der Waals surface area contributed by atoms with Gasteiger partial charge in [-0.05, 0) is 22.8 Å². The number of aliphatic hydroxyl groups is 3. The standard InChI is InChI=1S/C20H22O4/c21-13-17-12-18(22)19(23)20(24-17)16-8-4-7-15(11-16)10-9-14-5-2-1-3-6-14/h1-11,17-23H,12-13H2/b10-9+/t17-,18-,19-,20+/m0/s1. The SMILES string of the molecule is OC[C@@H]1C[C@H](O)[C@H](O)[C@@H](c2cccc(/C=C/c3ccccc3)c2)O1. The number of aliphatic hydroxyl groups excluding tert-OH is 3. The Labute approximate surface area is 141 Å². The van der Waals surface area contributed by atoms with Crippen LogP contribution in [0.4, 0.5) is 0 Å². The van der Waals surface area contributed by atoms with Crippen molar-refractivity contribution in [2.75, 3.05) is 6.61 Å². The molecule has 1 fully saturated rings. The summed E-state index contributed by atoms with van der Waals surface area (Å²) in [4.78, 5) is 0. The molecule has 4 atom stereocenters. The first kappa shape index (κ1) is 16.9. The summed E-state index contributed by atoms with van der Waals surface area (Å²) < 4.78 is 5.74. The number of hydrogen-bond acceptors (Lipinski definition) is 4. The molecule has 24 heavy (non-hydrogen) atoms. The van der Waals surface area contributed by atoms with Crippen molar-refractivity contribution in [2.45, 2.75) is 30.8 Å². The number of ether oxygens (including phenoxy) is 1. The van der Waals surface area contributed by atoms with Crippen molar-refractivity contribution >= 4 is 12.2 Å². The molecule has 2 aromatic carbocycles. The van der Waals surface area contributed by atoms with E-state index in [2.05, 4.69) is 0 Å². The molecule has 3 rings (SSSR count). The van der Waals surface area contributed by atoms with Crippen LogP contribution in [0.25, 0.3) is 12.2 Å². The van der Waals surface area contributed by atoms with Crippen LogP contribution in [0.1, 0.15) is 29.2 Å². The van der Waals surface area contributed by atoms with E-state index < -0.39 is 24.4 Å². The smallest absolute Gasteiger partial charge is 0.111 e. The van der Waals surface area contributed by atoms with Crippen LogP contribution in [0.3, 0.4) is 0 Å². The van der Waals surface area contributed by atoms with Crippen LogP contribution in [0, 0.1) is 0 Å². The summed E-state index contributed by atoms with van der Waals surface area (Å²) in [6.45, 7) is -0.173. The molecule has 0 spiro atoms. The fourth-order valence-corrected chi connectivity index (χ4v) is 2.94. The zero-order valence-corrected chi connectivity index (χ0v) is 13.3. The highest BCUT2D eigenvalue weighted by molar-refractivity contribution is 5.69. The summed E-state index contributed by atoms with van der Waals surface area (Å²) in [7, 11) is 0. The van der Waals surface area contributed by atoms with Crippen LogP contribution in [0.2, 0.25) is 0 Å². The highest BCUT2D eigenvalue weighted by atomic mass is 16.5. The average molecular weight is 326 g/mol. The monoisotopic (exact) mass is 326 g/mol. The molecule has 4 heteroatoms. The molecule has 126 valence electrons. The van der Waals surface area contributed by atoms with E-state index in [9.17, 15) is 15.3 Å². The van der Waals surface area contributed by atoms with Gasteiger partial charge in [0.05, 0.1) is 18.8 Å². The molecular formula is C20H22O4. The molecular weight excluding hydrogens is 304 g/mol. The molecule has 1 aliphatic rings. The molecule has 0 saturated carbocycles. The van der Waals surface area contributed by atoms with E-state index in [4.69, 9.17) is 4.74 Å². The first-order valence-corrected chi connectivity index (χ1v) is 8.13. The zero-order chi connectivity index (χ0) is 16.9. The van der Waals surface area contributed by atoms with E-state index in [1.165, 1.54) is 0 Å². The van der Waals surface area contributed by atoms with Crippen molar-refractivity contribution in [3.8, 4) is 0 Å². The summed E-state index contributed by atoms with van der Waals surface area (Å²) in [6, 6.07) is 17.6. The van der Waals surface area contributed by atoms with Gasteiger partial charge in [-0.15, -0.1) is 0 Å². The van der Waals surface area contributed by atoms with Gasteiger partial charge in [-0.25, -0.2) is 0 Å². The molecule has 0 aromatic heterocycles. The predicted molar refractivity (Wildman–Crippen MR) is 93.1 cm³/mol. The van der Waals surface area contributed by atoms with Gasteiger partial charge in [-0.2, -0.15) is 0 Å². The summed E-state index contributed by atoms with van der Waals surface area (Å²) in [6.07, 6.45) is 1.25. The second kappa shape index (κ2) is 7.73. The van der Waals surface area contributed by atoms with Gasteiger partial charge in [0, 0.05) is 6.42 Å². The van der Waals surface area contributed by atoms with Crippen LogP contribution in [-0.4, -0.2) is 40.2 Å². The average Bonchev–Trinajstić information content (AvgIpc) is 2.63. The van der Waals surface area contributed by atoms with Gasteiger partial charge in [-0.3, -0.25) is 0 Å². The zero-order valence-electron chi connectivity index (χ0n) is 13.3. The fraction of sp³-hybridized carbons (Fsp3) is 0.300. The van der Waals surface area contributed by atoms with Crippen LogP contribution in [0.5, 0.6) is 0 Å². The third kappa shape index (κ3) is 3.91. The van der Waals surface area contributed by atoms with Gasteiger partial charge in [0.1, 0.15) is 12.2 Å². The van der Waals surface area contributed by atoms with Gasteiger partial charge >= 0.3 is 0 Å². The molecule has 1 aliphatic heterocycles. The molecule has 2 aromatic rings. The molecule has 0 bridgehead atoms. The Kier molecular flexibility index (Phi) is 5.43. The Hall–Kier alpha value is -1.98. The van der Waals surface area contributed by atoms with E-state index in [0.717, 1.165) is 16.7 Å². The van der Waals surface area contributed by atoms with E-state index in [1.54, 1.807) is 0 Å². The minimum Gasteiger partial charge on any atom is -0.394 e. The van der Waals surface area contributed by atoms with Crippen LogP contribution in [0.15, 0.2) is 54.6 Å². The first-order valence-electron chi connectivity index (χ1n) is 8.13. The number of benzene rings is 2. The summed E-state index contributed by atoms with van der Waals surface area (Å²) in [5.41, 5.74) is 2.87. The van der Waals surface area contributed by atoms with E-state index in [0.29, 0.717) is 0 Å². The Morgan fingerprint density at radius 1 is 0.958 bits per heavy atom. The van der Waals surface area contributed by atoms with E-state index in [1.807, 2.05) is 66.7 Å². The van der Waals surface area contributed by atoms with E-state index in [-0.39, 0.29) is 13.0 Å². The van der Waals surface area contributed by atoms with Crippen LogP contribution in [-0.2, 0) is 4.74 Å². The molecule has 0 aliphatic carbocycles. The minimum absolute atomic E-state index is 0.173. The highest BCUT2D eigenvalue weighted by Gasteiger charge is 2.37. The van der Waals surface area contributed by atoms with Crippen molar-refractivity contribution in [3.05, 3.63) is 71.3 Å².